The van der Waals surface area contributed by atoms with Crippen LogP contribution in [0.1, 0.15) is 0 Å². The number of halogens is 3. The predicted molar refractivity (Wildman–Crippen MR) is 50.7 cm³/mol. The van der Waals surface area contributed by atoms with E-state index in [4.69, 9.17) is 34.8 Å². The maximum absolute atomic E-state index is 5.60. The van der Waals surface area contributed by atoms with E-state index in [-0.39, 0.29) is 15.9 Å². The summed E-state index contributed by atoms with van der Waals surface area (Å²) >= 11 is 16.8. The highest BCUT2D eigenvalue weighted by molar-refractivity contribution is 6.31. The summed E-state index contributed by atoms with van der Waals surface area (Å²) in [5.74, 6) is 0. The van der Waals surface area contributed by atoms with Crippen molar-refractivity contribution in [2.24, 2.45) is 10.4 Å². The third kappa shape index (κ3) is 2.06. The zero-order valence-electron chi connectivity index (χ0n) is 6.79. The molecular weight excluding hydrogens is 266 g/mol. The third-order valence-corrected chi connectivity index (χ3v) is 2.00. The lowest BCUT2D eigenvalue weighted by Crippen LogP contribution is -1.91. The molecule has 78 valence electrons. The zero-order valence-corrected chi connectivity index (χ0v) is 9.06. The fraction of sp³-hybridized carbons (Fsp3) is 0. The van der Waals surface area contributed by atoms with Gasteiger partial charge in [0, 0.05) is 0 Å². The van der Waals surface area contributed by atoms with Gasteiger partial charge in [-0.2, -0.15) is 9.35 Å². The van der Waals surface area contributed by atoms with Crippen LogP contribution < -0.4 is 0 Å². The first kappa shape index (κ1) is 10.3. The number of hydrogen-bond acceptors (Lipinski definition) is 6. The van der Waals surface area contributed by atoms with Crippen molar-refractivity contribution in [2.45, 2.75) is 0 Å². The van der Waals surface area contributed by atoms with E-state index in [0.717, 1.165) is 9.35 Å². The normalized spacial score (nSPS) is 11.4. The van der Waals surface area contributed by atoms with Gasteiger partial charge in [0.25, 0.3) is 0 Å². The Labute approximate surface area is 97.4 Å². The van der Waals surface area contributed by atoms with E-state index in [1.165, 1.54) is 6.33 Å². The second-order valence-electron chi connectivity index (χ2n) is 2.17. The van der Waals surface area contributed by atoms with E-state index >= 15 is 0 Å². The minimum atomic E-state index is -0.0204. The van der Waals surface area contributed by atoms with Crippen LogP contribution >= 0.6 is 34.8 Å². The Balaban J connectivity index is 2.30. The minimum Gasteiger partial charge on any atom is -0.170 e. The molecule has 0 amide bonds. The van der Waals surface area contributed by atoms with Gasteiger partial charge in [-0.25, -0.2) is 0 Å². The van der Waals surface area contributed by atoms with E-state index in [9.17, 15) is 0 Å². The first-order valence-corrected chi connectivity index (χ1v) is 4.56. The Bertz CT molecular complexity index is 480. The standard InChI is InChI=1S/C4HCl3N8/c5-2-9-8-1-14(2)12-13-15-3(6)10-11-4(15)7/h1H/b13-12+. The second kappa shape index (κ2) is 4.09. The molecule has 0 aliphatic rings. The first-order chi connectivity index (χ1) is 7.18. The molecule has 0 saturated heterocycles. The van der Waals surface area contributed by atoms with Gasteiger partial charge in [-0.1, -0.05) is 0 Å². The van der Waals surface area contributed by atoms with Crippen molar-refractivity contribution in [1.29, 1.82) is 0 Å². The molecule has 0 radical (unpaired) electrons. The molecule has 8 nitrogen and oxygen atoms in total. The number of hydrogen-bond donors (Lipinski definition) is 0. The molecule has 0 spiro atoms. The smallest absolute Gasteiger partial charge is 0.170 e. The minimum absolute atomic E-state index is 0.0204. The van der Waals surface area contributed by atoms with Crippen molar-refractivity contribution >= 4 is 34.8 Å². The molecule has 2 heterocycles. The summed E-state index contributed by atoms with van der Waals surface area (Å²) in [6.45, 7) is 0. The Morgan fingerprint density at radius 3 is 2.13 bits per heavy atom. The van der Waals surface area contributed by atoms with E-state index < -0.39 is 0 Å². The maximum Gasteiger partial charge on any atom is 0.248 e. The van der Waals surface area contributed by atoms with Crippen LogP contribution in [0.3, 0.4) is 0 Å². The molecule has 2 aromatic heterocycles. The SMILES string of the molecule is Clc1nncn1/N=N/n1c(Cl)nnc1Cl. The summed E-state index contributed by atoms with van der Waals surface area (Å²) in [6.07, 6.45) is 1.26. The number of aromatic nitrogens is 6. The Kier molecular flexibility index (Phi) is 2.80. The lowest BCUT2D eigenvalue weighted by molar-refractivity contribution is 0.684. The molecule has 0 fully saturated rings. The van der Waals surface area contributed by atoms with Gasteiger partial charge in [-0.15, -0.1) is 20.4 Å². The first-order valence-electron chi connectivity index (χ1n) is 3.42. The van der Waals surface area contributed by atoms with Crippen molar-refractivity contribution < 1.29 is 0 Å². The molecule has 0 N–H and O–H groups in total. The van der Waals surface area contributed by atoms with Crippen LogP contribution in [0, 0.1) is 0 Å². The lowest BCUT2D eigenvalue weighted by atomic mass is 11.2. The van der Waals surface area contributed by atoms with Crippen LogP contribution in [0.2, 0.25) is 15.9 Å². The van der Waals surface area contributed by atoms with Gasteiger partial charge in [-0.05, 0) is 45.2 Å². The Morgan fingerprint density at radius 2 is 1.60 bits per heavy atom. The lowest BCUT2D eigenvalue weighted by Gasteiger charge is -1.92. The van der Waals surface area contributed by atoms with Crippen molar-refractivity contribution in [2.75, 3.05) is 0 Å². The maximum atomic E-state index is 5.60. The fourth-order valence-electron chi connectivity index (χ4n) is 0.676. The molecule has 2 rings (SSSR count). The molecule has 0 saturated carbocycles. The topological polar surface area (TPSA) is 86.1 Å². The second-order valence-corrected chi connectivity index (χ2v) is 3.19. The Hall–Kier alpha value is -1.25. The van der Waals surface area contributed by atoms with Gasteiger partial charge >= 0.3 is 0 Å². The van der Waals surface area contributed by atoms with Gasteiger partial charge in [0.15, 0.2) is 0 Å². The van der Waals surface area contributed by atoms with Crippen LogP contribution in [0.25, 0.3) is 0 Å². The third-order valence-electron chi connectivity index (χ3n) is 1.28. The van der Waals surface area contributed by atoms with Crippen LogP contribution in [0.5, 0.6) is 0 Å². The van der Waals surface area contributed by atoms with Gasteiger partial charge in [0.05, 0.1) is 0 Å². The fourth-order valence-corrected chi connectivity index (χ4v) is 1.14. The van der Waals surface area contributed by atoms with Crippen LogP contribution in [-0.4, -0.2) is 29.7 Å². The molecular formula is C4HCl3N8. The van der Waals surface area contributed by atoms with E-state index in [0.29, 0.717) is 0 Å². The highest BCUT2D eigenvalue weighted by atomic mass is 35.5. The largest absolute Gasteiger partial charge is 0.248 e. The van der Waals surface area contributed by atoms with E-state index in [1.54, 1.807) is 0 Å². The quantitative estimate of drug-likeness (QED) is 0.772. The molecule has 11 heteroatoms. The summed E-state index contributed by atoms with van der Waals surface area (Å²) in [6, 6.07) is 0. The van der Waals surface area contributed by atoms with Crippen molar-refractivity contribution in [1.82, 2.24) is 29.7 Å². The number of rotatable bonds is 2. The monoisotopic (exact) mass is 266 g/mol. The van der Waals surface area contributed by atoms with Crippen LogP contribution in [0.15, 0.2) is 16.8 Å². The summed E-state index contributed by atoms with van der Waals surface area (Å²) < 4.78 is 2.13. The summed E-state index contributed by atoms with van der Waals surface area (Å²) in [4.78, 5) is 0. The van der Waals surface area contributed by atoms with E-state index in [1.807, 2.05) is 0 Å². The highest BCUT2D eigenvalue weighted by Crippen LogP contribution is 2.12. The summed E-state index contributed by atoms with van der Waals surface area (Å²) in [5.41, 5.74) is 0. The number of nitrogens with zero attached hydrogens (tertiary/aromatic N) is 8. The van der Waals surface area contributed by atoms with Gasteiger partial charge in [0.2, 0.25) is 15.9 Å². The van der Waals surface area contributed by atoms with Gasteiger partial charge in [0.1, 0.15) is 6.33 Å². The average molecular weight is 267 g/mol. The van der Waals surface area contributed by atoms with Crippen LogP contribution in [-0.2, 0) is 0 Å². The van der Waals surface area contributed by atoms with Crippen molar-refractivity contribution in [3.8, 4) is 0 Å². The molecule has 0 bridgehead atoms. The van der Waals surface area contributed by atoms with Gasteiger partial charge < -0.3 is 0 Å². The molecule has 15 heavy (non-hydrogen) atoms. The predicted octanol–water partition coefficient (Wildman–Crippen LogP) is 1.51. The van der Waals surface area contributed by atoms with E-state index in [2.05, 4.69) is 30.8 Å². The highest BCUT2D eigenvalue weighted by Gasteiger charge is 2.06. The molecule has 0 aliphatic heterocycles. The molecule has 0 atom stereocenters. The summed E-state index contributed by atoms with van der Waals surface area (Å²) in [5, 5.41) is 21.1. The average Bonchev–Trinajstić information content (AvgIpc) is 2.73. The van der Waals surface area contributed by atoms with Gasteiger partial charge in [-0.3, -0.25) is 0 Å². The summed E-state index contributed by atoms with van der Waals surface area (Å²) in [7, 11) is 0. The zero-order chi connectivity index (χ0) is 10.8. The van der Waals surface area contributed by atoms with Crippen molar-refractivity contribution in [3.63, 3.8) is 0 Å². The van der Waals surface area contributed by atoms with Crippen LogP contribution in [0.4, 0.5) is 0 Å². The molecule has 0 aromatic carbocycles. The molecule has 2 aromatic rings. The Morgan fingerprint density at radius 1 is 0.933 bits per heavy atom. The van der Waals surface area contributed by atoms with Crippen molar-refractivity contribution in [3.05, 3.63) is 22.2 Å². The molecule has 0 unspecified atom stereocenters. The molecule has 0 aliphatic carbocycles.